The van der Waals surface area contributed by atoms with Gasteiger partial charge in [0, 0.05) is 43.1 Å². The fourth-order valence-corrected chi connectivity index (χ4v) is 2.99. The predicted octanol–water partition coefficient (Wildman–Crippen LogP) is 2.50. The number of nitrogens with two attached hydrogens (primary N) is 1. The van der Waals surface area contributed by atoms with E-state index in [1.807, 2.05) is 4.90 Å². The number of carbonyl (C=O) groups excluding carboxylic acids is 1. The number of anilines is 2. The van der Waals surface area contributed by atoms with Crippen molar-refractivity contribution in [2.24, 2.45) is 10.7 Å². The molecule has 1 aliphatic heterocycles. The highest BCUT2D eigenvalue weighted by Gasteiger charge is 2.18. The number of nitrogens with one attached hydrogen (secondary N) is 1. The maximum absolute atomic E-state index is 13.0. The summed E-state index contributed by atoms with van der Waals surface area (Å²) in [5.74, 6) is 2.35. The Morgan fingerprint density at radius 3 is 2.52 bits per heavy atom. The topological polar surface area (TPSA) is 74.0 Å². The highest BCUT2D eigenvalue weighted by molar-refractivity contribution is 14.0. The molecular formula is C21H23FIN5O. The van der Waals surface area contributed by atoms with Crippen LogP contribution in [-0.4, -0.2) is 49.5 Å². The Morgan fingerprint density at radius 1 is 1.17 bits per heavy atom. The second-order valence-electron chi connectivity index (χ2n) is 6.40. The molecule has 1 fully saturated rings. The number of rotatable bonds is 4. The van der Waals surface area contributed by atoms with Crippen molar-refractivity contribution >= 4 is 47.2 Å². The normalized spacial score (nSPS) is 14.0. The molecule has 0 aromatic heterocycles. The Balaban J connectivity index is 0.00000300. The Bertz CT molecular complexity index is 902. The Hall–Kier alpha value is -2.80. The third kappa shape index (κ3) is 6.35. The van der Waals surface area contributed by atoms with Gasteiger partial charge in [-0.05, 0) is 42.5 Å². The van der Waals surface area contributed by atoms with Crippen LogP contribution in [0.3, 0.4) is 0 Å². The van der Waals surface area contributed by atoms with Gasteiger partial charge in [0.2, 0.25) is 5.91 Å². The third-order valence-corrected chi connectivity index (χ3v) is 4.49. The summed E-state index contributed by atoms with van der Waals surface area (Å²) < 4.78 is 13.0. The van der Waals surface area contributed by atoms with Gasteiger partial charge in [-0.15, -0.1) is 30.4 Å². The summed E-state index contributed by atoms with van der Waals surface area (Å²) in [5, 5.41) is 2.75. The van der Waals surface area contributed by atoms with Crippen molar-refractivity contribution in [2.75, 3.05) is 42.9 Å². The molecule has 2 aromatic carbocycles. The monoisotopic (exact) mass is 507 g/mol. The summed E-state index contributed by atoms with van der Waals surface area (Å²) in [5.41, 5.74) is 8.34. The van der Waals surface area contributed by atoms with Gasteiger partial charge in [-0.25, -0.2) is 9.38 Å². The van der Waals surface area contributed by atoms with Gasteiger partial charge in [0.05, 0.1) is 0 Å². The molecule has 1 saturated heterocycles. The Labute approximate surface area is 187 Å². The van der Waals surface area contributed by atoms with Gasteiger partial charge in [0.25, 0.3) is 0 Å². The largest absolute Gasteiger partial charge is 0.370 e. The van der Waals surface area contributed by atoms with Crippen molar-refractivity contribution in [3.05, 3.63) is 59.9 Å². The van der Waals surface area contributed by atoms with Gasteiger partial charge < -0.3 is 20.9 Å². The van der Waals surface area contributed by atoms with E-state index in [4.69, 9.17) is 12.2 Å². The minimum Gasteiger partial charge on any atom is -0.370 e. The van der Waals surface area contributed by atoms with Crippen LogP contribution in [-0.2, 0) is 4.79 Å². The van der Waals surface area contributed by atoms with Crippen LogP contribution in [0.25, 0.3) is 0 Å². The maximum atomic E-state index is 13.0. The van der Waals surface area contributed by atoms with E-state index in [2.05, 4.69) is 21.1 Å². The van der Waals surface area contributed by atoms with E-state index in [0.29, 0.717) is 30.3 Å². The van der Waals surface area contributed by atoms with Crippen molar-refractivity contribution in [3.63, 3.8) is 0 Å². The van der Waals surface area contributed by atoms with E-state index in [-0.39, 0.29) is 42.2 Å². The summed E-state index contributed by atoms with van der Waals surface area (Å²) in [4.78, 5) is 20.4. The molecule has 152 valence electrons. The molecule has 8 heteroatoms. The van der Waals surface area contributed by atoms with Gasteiger partial charge in [0.15, 0.2) is 5.96 Å². The second-order valence-corrected chi connectivity index (χ2v) is 6.40. The molecule has 3 rings (SSSR count). The van der Waals surface area contributed by atoms with Crippen molar-refractivity contribution in [2.45, 2.75) is 0 Å². The number of piperazine rings is 1. The number of aliphatic imine (C=N–C) groups is 1. The van der Waals surface area contributed by atoms with Gasteiger partial charge in [0.1, 0.15) is 12.4 Å². The fraction of sp³-hybridized carbons (Fsp3) is 0.238. The molecule has 1 aliphatic rings. The first-order chi connectivity index (χ1) is 13.5. The molecule has 0 atom stereocenters. The summed E-state index contributed by atoms with van der Waals surface area (Å²) in [7, 11) is 0. The van der Waals surface area contributed by atoms with E-state index in [9.17, 15) is 9.18 Å². The van der Waals surface area contributed by atoms with Crippen molar-refractivity contribution in [1.29, 1.82) is 0 Å². The van der Waals surface area contributed by atoms with Gasteiger partial charge in [-0.3, -0.25) is 4.79 Å². The quantitative estimate of drug-likeness (QED) is 0.289. The van der Waals surface area contributed by atoms with Gasteiger partial charge in [-0.1, -0.05) is 12.0 Å². The summed E-state index contributed by atoms with van der Waals surface area (Å²) in [6, 6.07) is 13.5. The smallest absolute Gasteiger partial charge is 0.246 e. The molecule has 29 heavy (non-hydrogen) atoms. The molecule has 0 aliphatic carbocycles. The van der Waals surface area contributed by atoms with Crippen LogP contribution in [0.2, 0.25) is 0 Å². The molecule has 1 heterocycles. The molecule has 0 spiro atoms. The molecule has 3 N–H and O–H groups in total. The van der Waals surface area contributed by atoms with Crippen LogP contribution in [0.1, 0.15) is 5.56 Å². The zero-order valence-electron chi connectivity index (χ0n) is 15.8. The minimum atomic E-state index is -0.262. The Kier molecular flexibility index (Phi) is 8.27. The maximum Gasteiger partial charge on any atom is 0.246 e. The zero-order chi connectivity index (χ0) is 19.9. The SMILES string of the molecule is C#Cc1cccc(NC(=O)CN=C(N)N2CCN(c3ccc(F)cc3)CC2)c1.I. The molecular weight excluding hydrogens is 484 g/mol. The molecule has 0 saturated carbocycles. The van der Waals surface area contributed by atoms with Gasteiger partial charge in [-0.2, -0.15) is 0 Å². The average molecular weight is 507 g/mol. The second kappa shape index (κ2) is 10.7. The van der Waals surface area contributed by atoms with Gasteiger partial charge >= 0.3 is 0 Å². The van der Waals surface area contributed by atoms with Crippen molar-refractivity contribution in [3.8, 4) is 12.3 Å². The number of nitrogens with zero attached hydrogens (tertiary/aromatic N) is 3. The van der Waals surface area contributed by atoms with E-state index in [1.54, 1.807) is 36.4 Å². The lowest BCUT2D eigenvalue weighted by molar-refractivity contribution is -0.114. The number of hydrogen-bond acceptors (Lipinski definition) is 3. The van der Waals surface area contributed by atoms with Crippen LogP contribution < -0.4 is 16.0 Å². The summed E-state index contributed by atoms with van der Waals surface area (Å²) in [6.07, 6.45) is 5.36. The number of amides is 1. The van der Waals surface area contributed by atoms with Crippen LogP contribution in [0.4, 0.5) is 15.8 Å². The molecule has 0 bridgehead atoms. The van der Waals surface area contributed by atoms with E-state index >= 15 is 0 Å². The summed E-state index contributed by atoms with van der Waals surface area (Å²) >= 11 is 0. The lowest BCUT2D eigenvalue weighted by Crippen LogP contribution is -2.51. The molecule has 1 amide bonds. The minimum absolute atomic E-state index is 0. The highest BCUT2D eigenvalue weighted by atomic mass is 127. The molecule has 2 aromatic rings. The van der Waals surface area contributed by atoms with Crippen molar-refractivity contribution in [1.82, 2.24) is 4.90 Å². The zero-order valence-corrected chi connectivity index (χ0v) is 18.2. The average Bonchev–Trinajstić information content (AvgIpc) is 2.73. The molecule has 0 unspecified atom stereocenters. The molecule has 6 nitrogen and oxygen atoms in total. The first-order valence-corrected chi connectivity index (χ1v) is 8.97. The lowest BCUT2D eigenvalue weighted by atomic mass is 10.2. The summed E-state index contributed by atoms with van der Waals surface area (Å²) in [6.45, 7) is 2.78. The Morgan fingerprint density at radius 2 is 1.86 bits per heavy atom. The fourth-order valence-electron chi connectivity index (χ4n) is 2.99. The number of hydrogen-bond donors (Lipinski definition) is 2. The number of halogens is 2. The lowest BCUT2D eigenvalue weighted by Gasteiger charge is -2.36. The van der Waals surface area contributed by atoms with E-state index < -0.39 is 0 Å². The van der Waals surface area contributed by atoms with E-state index in [1.165, 1.54) is 12.1 Å². The number of guanidine groups is 1. The third-order valence-electron chi connectivity index (χ3n) is 4.49. The van der Waals surface area contributed by atoms with E-state index in [0.717, 1.165) is 18.8 Å². The standard InChI is InChI=1S/C21H22FN5O.HI/c1-2-16-4-3-5-18(14-16)25-20(28)15-24-21(23)27-12-10-26(11-13-27)19-8-6-17(22)7-9-19;/h1,3-9,14H,10-13,15H2,(H2,23,24)(H,25,28);1H. The number of carbonyl (C=O) groups is 1. The van der Waals surface area contributed by atoms with Crippen LogP contribution in [0.15, 0.2) is 53.5 Å². The number of benzene rings is 2. The predicted molar refractivity (Wildman–Crippen MR) is 125 cm³/mol. The van der Waals surface area contributed by atoms with Crippen LogP contribution >= 0.6 is 24.0 Å². The highest BCUT2D eigenvalue weighted by Crippen LogP contribution is 2.16. The first-order valence-electron chi connectivity index (χ1n) is 8.97. The van der Waals surface area contributed by atoms with Crippen LogP contribution in [0.5, 0.6) is 0 Å². The first kappa shape index (κ1) is 22.5. The van der Waals surface area contributed by atoms with Crippen molar-refractivity contribution < 1.29 is 9.18 Å². The molecule has 0 radical (unpaired) electrons. The number of terminal acetylenes is 1. The van der Waals surface area contributed by atoms with Crippen LogP contribution in [0, 0.1) is 18.2 Å².